The molecule has 2 N–H and O–H groups in total. The third-order valence-electron chi connectivity index (χ3n) is 4.15. The largest absolute Gasteiger partial charge is 0.392 e. The van der Waals surface area contributed by atoms with E-state index in [9.17, 15) is 12.8 Å². The van der Waals surface area contributed by atoms with Crippen molar-refractivity contribution in [1.29, 1.82) is 0 Å². The van der Waals surface area contributed by atoms with Gasteiger partial charge in [0.2, 0.25) is 10.0 Å². The van der Waals surface area contributed by atoms with Crippen LogP contribution >= 0.6 is 0 Å². The monoisotopic (exact) mass is 315 g/mol. The van der Waals surface area contributed by atoms with Gasteiger partial charge in [0.15, 0.2) is 0 Å². The molecular weight excluding hydrogens is 293 g/mol. The Morgan fingerprint density at radius 1 is 1.38 bits per heavy atom. The first-order valence-electron chi connectivity index (χ1n) is 7.23. The van der Waals surface area contributed by atoms with Crippen molar-refractivity contribution in [2.45, 2.75) is 44.6 Å². The quantitative estimate of drug-likeness (QED) is 0.876. The van der Waals surface area contributed by atoms with E-state index in [-0.39, 0.29) is 16.0 Å². The first kappa shape index (κ1) is 16.4. The maximum absolute atomic E-state index is 13.7. The minimum Gasteiger partial charge on any atom is -0.392 e. The zero-order chi connectivity index (χ0) is 15.6. The number of aliphatic hydroxyl groups is 1. The smallest absolute Gasteiger partial charge is 0.240 e. The van der Waals surface area contributed by atoms with E-state index in [1.807, 2.05) is 0 Å². The SMILES string of the molecule is Cc1cc(S(=O)(=O)NCC2CCC(C)C2)cc(CO)c1F. The number of aliphatic hydroxyl groups excluding tert-OH is 1. The first-order chi connectivity index (χ1) is 9.83. The molecule has 2 atom stereocenters. The predicted molar refractivity (Wildman–Crippen MR) is 78.8 cm³/mol. The van der Waals surface area contributed by atoms with E-state index in [1.54, 1.807) is 0 Å². The fraction of sp³-hybridized carbons (Fsp3) is 0.600. The van der Waals surface area contributed by atoms with E-state index >= 15 is 0 Å². The Morgan fingerprint density at radius 3 is 2.67 bits per heavy atom. The van der Waals surface area contributed by atoms with E-state index in [2.05, 4.69) is 11.6 Å². The summed E-state index contributed by atoms with van der Waals surface area (Å²) in [5.74, 6) is 0.461. The summed E-state index contributed by atoms with van der Waals surface area (Å²) < 4.78 is 40.8. The Hall–Kier alpha value is -0.980. The molecule has 0 aromatic heterocycles. The molecule has 0 aliphatic heterocycles. The number of benzene rings is 1. The molecule has 2 rings (SSSR count). The molecule has 1 aliphatic carbocycles. The fourth-order valence-corrected chi connectivity index (χ4v) is 4.15. The van der Waals surface area contributed by atoms with Crippen LogP contribution in [0.5, 0.6) is 0 Å². The normalized spacial score (nSPS) is 22.7. The lowest BCUT2D eigenvalue weighted by molar-refractivity contribution is 0.275. The van der Waals surface area contributed by atoms with Crippen LogP contribution in [0, 0.1) is 24.6 Å². The minimum absolute atomic E-state index is 0.00450. The molecule has 1 aliphatic rings. The highest BCUT2D eigenvalue weighted by Crippen LogP contribution is 2.30. The number of aryl methyl sites for hydroxylation is 1. The number of hydrogen-bond acceptors (Lipinski definition) is 3. The molecule has 0 radical (unpaired) electrons. The van der Waals surface area contributed by atoms with Gasteiger partial charge in [-0.25, -0.2) is 17.5 Å². The highest BCUT2D eigenvalue weighted by molar-refractivity contribution is 7.89. The second-order valence-corrected chi connectivity index (χ2v) is 7.77. The Kier molecular flexibility index (Phi) is 5.01. The standard InChI is InChI=1S/C15H22FNO3S/c1-10-3-4-12(5-10)8-17-21(19,20)14-6-11(2)15(16)13(7-14)9-18/h6-7,10,12,17-18H,3-5,8-9H2,1-2H3. The maximum Gasteiger partial charge on any atom is 0.240 e. The van der Waals surface area contributed by atoms with Crippen molar-refractivity contribution < 1.29 is 17.9 Å². The average Bonchev–Trinajstić information content (AvgIpc) is 2.85. The summed E-state index contributed by atoms with van der Waals surface area (Å²) in [5, 5.41) is 9.11. The first-order valence-corrected chi connectivity index (χ1v) is 8.71. The lowest BCUT2D eigenvalue weighted by atomic mass is 10.1. The van der Waals surface area contributed by atoms with E-state index in [0.717, 1.165) is 19.3 Å². The minimum atomic E-state index is -3.66. The highest BCUT2D eigenvalue weighted by atomic mass is 32.2. The van der Waals surface area contributed by atoms with Crippen molar-refractivity contribution in [3.8, 4) is 0 Å². The summed E-state index contributed by atoms with van der Waals surface area (Å²) in [4.78, 5) is 0.0106. The summed E-state index contributed by atoms with van der Waals surface area (Å²) in [6, 6.07) is 2.50. The molecule has 4 nitrogen and oxygen atoms in total. The van der Waals surface area contributed by atoms with Crippen molar-refractivity contribution in [3.05, 3.63) is 29.1 Å². The lowest BCUT2D eigenvalue weighted by Gasteiger charge is -2.13. The van der Waals surface area contributed by atoms with Crippen LogP contribution in [0.25, 0.3) is 0 Å². The van der Waals surface area contributed by atoms with Gasteiger partial charge in [0.1, 0.15) is 5.82 Å². The van der Waals surface area contributed by atoms with Crippen LogP contribution in [-0.2, 0) is 16.6 Å². The zero-order valence-corrected chi connectivity index (χ0v) is 13.2. The van der Waals surface area contributed by atoms with Crippen molar-refractivity contribution in [2.24, 2.45) is 11.8 Å². The van der Waals surface area contributed by atoms with Gasteiger partial charge in [-0.2, -0.15) is 0 Å². The second kappa shape index (κ2) is 6.42. The Bertz CT molecular complexity index is 616. The van der Waals surface area contributed by atoms with Crippen LogP contribution in [0.15, 0.2) is 17.0 Å². The van der Waals surface area contributed by atoms with Gasteiger partial charge in [-0.3, -0.25) is 0 Å². The predicted octanol–water partition coefficient (Wildman–Crippen LogP) is 2.34. The van der Waals surface area contributed by atoms with Gasteiger partial charge in [-0.15, -0.1) is 0 Å². The summed E-state index contributed by atoms with van der Waals surface area (Å²) >= 11 is 0. The van der Waals surface area contributed by atoms with Gasteiger partial charge in [0.05, 0.1) is 11.5 Å². The van der Waals surface area contributed by atoms with Crippen molar-refractivity contribution in [3.63, 3.8) is 0 Å². The van der Waals surface area contributed by atoms with Gasteiger partial charge < -0.3 is 5.11 Å². The third kappa shape index (κ3) is 3.81. The van der Waals surface area contributed by atoms with E-state index in [4.69, 9.17) is 5.11 Å². The van der Waals surface area contributed by atoms with Crippen LogP contribution in [-0.4, -0.2) is 20.1 Å². The highest BCUT2D eigenvalue weighted by Gasteiger charge is 2.24. The zero-order valence-electron chi connectivity index (χ0n) is 12.4. The molecule has 1 aromatic rings. The van der Waals surface area contributed by atoms with E-state index in [1.165, 1.54) is 19.1 Å². The topological polar surface area (TPSA) is 66.4 Å². The number of rotatable bonds is 5. The average molecular weight is 315 g/mol. The molecule has 0 saturated heterocycles. The Morgan fingerprint density at radius 2 is 2.10 bits per heavy atom. The molecule has 0 heterocycles. The van der Waals surface area contributed by atoms with Gasteiger partial charge in [0.25, 0.3) is 0 Å². The molecular formula is C15H22FNO3S. The molecule has 6 heteroatoms. The Labute approximate surface area is 125 Å². The molecule has 21 heavy (non-hydrogen) atoms. The second-order valence-electron chi connectivity index (χ2n) is 6.01. The summed E-state index contributed by atoms with van der Waals surface area (Å²) in [7, 11) is -3.66. The van der Waals surface area contributed by atoms with Crippen LogP contribution < -0.4 is 4.72 Å². The lowest BCUT2D eigenvalue weighted by Crippen LogP contribution is -2.29. The molecule has 118 valence electrons. The Balaban J connectivity index is 2.14. The van der Waals surface area contributed by atoms with E-state index in [0.29, 0.717) is 18.4 Å². The molecule has 1 aromatic carbocycles. The van der Waals surface area contributed by atoms with Gasteiger partial charge in [0, 0.05) is 12.1 Å². The van der Waals surface area contributed by atoms with E-state index < -0.39 is 22.4 Å². The molecule has 0 amide bonds. The molecule has 0 bridgehead atoms. The van der Waals surface area contributed by atoms with Crippen molar-refractivity contribution >= 4 is 10.0 Å². The van der Waals surface area contributed by atoms with Crippen LogP contribution in [0.4, 0.5) is 4.39 Å². The van der Waals surface area contributed by atoms with Crippen LogP contribution in [0.3, 0.4) is 0 Å². The van der Waals surface area contributed by atoms with Gasteiger partial charge >= 0.3 is 0 Å². The number of hydrogen-bond donors (Lipinski definition) is 2. The fourth-order valence-electron chi connectivity index (χ4n) is 2.90. The molecule has 2 unspecified atom stereocenters. The van der Waals surface area contributed by atoms with Crippen molar-refractivity contribution in [1.82, 2.24) is 4.72 Å². The van der Waals surface area contributed by atoms with Crippen molar-refractivity contribution in [2.75, 3.05) is 6.54 Å². The maximum atomic E-state index is 13.7. The third-order valence-corrected chi connectivity index (χ3v) is 5.55. The summed E-state index contributed by atoms with van der Waals surface area (Å²) in [5.41, 5.74) is 0.223. The molecule has 1 saturated carbocycles. The van der Waals surface area contributed by atoms with Crippen LogP contribution in [0.1, 0.15) is 37.3 Å². The number of nitrogens with one attached hydrogen (secondary N) is 1. The number of sulfonamides is 1. The summed E-state index contributed by atoms with van der Waals surface area (Å²) in [6.07, 6.45) is 3.21. The summed E-state index contributed by atoms with van der Waals surface area (Å²) in [6.45, 7) is 3.56. The molecule has 0 spiro atoms. The van der Waals surface area contributed by atoms with Gasteiger partial charge in [-0.05, 0) is 49.3 Å². The number of halogens is 1. The van der Waals surface area contributed by atoms with Gasteiger partial charge in [-0.1, -0.05) is 13.3 Å². The van der Waals surface area contributed by atoms with Crippen LogP contribution in [0.2, 0.25) is 0 Å². The molecule has 1 fully saturated rings.